The van der Waals surface area contributed by atoms with E-state index < -0.39 is 21.9 Å². The second-order valence-corrected chi connectivity index (χ2v) is 12.9. The number of sulfonamides is 1. The predicted molar refractivity (Wildman–Crippen MR) is 154 cm³/mol. The molecule has 2 aromatic carbocycles. The van der Waals surface area contributed by atoms with Gasteiger partial charge in [-0.2, -0.15) is 4.31 Å². The summed E-state index contributed by atoms with van der Waals surface area (Å²) in [6, 6.07) is 14.2. The molecule has 2 aliphatic heterocycles. The minimum atomic E-state index is -3.70. The van der Waals surface area contributed by atoms with Crippen molar-refractivity contribution in [1.29, 1.82) is 0 Å². The zero-order valence-corrected chi connectivity index (χ0v) is 24.5. The van der Waals surface area contributed by atoms with Gasteiger partial charge in [0, 0.05) is 42.7 Å². The van der Waals surface area contributed by atoms with Gasteiger partial charge < -0.3 is 10.1 Å². The van der Waals surface area contributed by atoms with Crippen molar-refractivity contribution in [3.63, 3.8) is 0 Å². The summed E-state index contributed by atoms with van der Waals surface area (Å²) in [7, 11) is -2.37. The van der Waals surface area contributed by atoms with Gasteiger partial charge in [-0.25, -0.2) is 13.2 Å². The van der Waals surface area contributed by atoms with Crippen LogP contribution in [0.1, 0.15) is 56.1 Å². The van der Waals surface area contributed by atoms with Crippen LogP contribution in [0.25, 0.3) is 0 Å². The minimum Gasteiger partial charge on any atom is -0.465 e. The van der Waals surface area contributed by atoms with E-state index in [0.29, 0.717) is 54.6 Å². The Kier molecular flexibility index (Phi) is 8.82. The zero-order chi connectivity index (χ0) is 27.0. The fourth-order valence-corrected chi connectivity index (χ4v) is 7.72. The Morgan fingerprint density at radius 3 is 2.33 bits per heavy atom. The molecule has 11 heteroatoms. The highest BCUT2D eigenvalue weighted by atomic mass is 35.5. The number of ether oxygens (including phenoxy) is 1. The number of carbonyl (C=O) groups excluding carboxylic acids is 2. The largest absolute Gasteiger partial charge is 0.465 e. The first-order valence-corrected chi connectivity index (χ1v) is 14.9. The van der Waals surface area contributed by atoms with Crippen molar-refractivity contribution in [2.24, 2.45) is 0 Å². The topological polar surface area (TPSA) is 96.0 Å². The summed E-state index contributed by atoms with van der Waals surface area (Å²) in [5, 5.41) is 3.34. The number of carbonyl (C=O) groups is 2. The molecule has 3 heterocycles. The molecule has 1 N–H and O–H groups in total. The summed E-state index contributed by atoms with van der Waals surface area (Å²) in [6.45, 7) is 6.55. The number of hydrogen-bond donors (Lipinski definition) is 1. The number of nitrogens with one attached hydrogen (secondary N) is 1. The van der Waals surface area contributed by atoms with Crippen LogP contribution in [0.15, 0.2) is 53.4 Å². The van der Waals surface area contributed by atoms with Crippen LogP contribution in [0.2, 0.25) is 0 Å². The van der Waals surface area contributed by atoms with Gasteiger partial charge in [-0.1, -0.05) is 24.3 Å². The van der Waals surface area contributed by atoms with Gasteiger partial charge in [0.05, 0.1) is 17.6 Å². The van der Waals surface area contributed by atoms with Gasteiger partial charge in [-0.15, -0.1) is 23.7 Å². The van der Waals surface area contributed by atoms with E-state index in [1.807, 2.05) is 24.3 Å². The second-order valence-electron chi connectivity index (χ2n) is 9.85. The molecule has 0 fully saturated rings. The number of nitrogens with zero attached hydrogens (tertiary/aromatic N) is 2. The number of halogens is 1. The highest BCUT2D eigenvalue weighted by molar-refractivity contribution is 7.89. The molecule has 0 spiro atoms. The Morgan fingerprint density at radius 2 is 1.67 bits per heavy atom. The fraction of sp³-hybridized carbons (Fsp3) is 0.357. The van der Waals surface area contributed by atoms with E-state index in [0.717, 1.165) is 22.5 Å². The van der Waals surface area contributed by atoms with Crippen molar-refractivity contribution in [2.75, 3.05) is 25.5 Å². The summed E-state index contributed by atoms with van der Waals surface area (Å²) in [5.74, 6) is -0.884. The van der Waals surface area contributed by atoms with Crippen LogP contribution in [0.5, 0.6) is 0 Å². The fourth-order valence-electron chi connectivity index (χ4n) is 5.05. The van der Waals surface area contributed by atoms with E-state index in [4.69, 9.17) is 4.74 Å². The Hall–Kier alpha value is -2.76. The lowest BCUT2D eigenvalue weighted by atomic mass is 10.0. The number of esters is 1. The molecule has 0 unspecified atom stereocenters. The van der Waals surface area contributed by atoms with Gasteiger partial charge in [-0.3, -0.25) is 9.69 Å². The van der Waals surface area contributed by atoms with Crippen molar-refractivity contribution in [1.82, 2.24) is 9.21 Å². The molecule has 0 saturated carbocycles. The van der Waals surface area contributed by atoms with Crippen LogP contribution < -0.4 is 5.32 Å². The number of methoxy groups -OCH3 is 1. The third kappa shape index (κ3) is 5.76. The first-order chi connectivity index (χ1) is 18.2. The van der Waals surface area contributed by atoms with Crippen molar-refractivity contribution in [2.45, 2.75) is 50.7 Å². The summed E-state index contributed by atoms with van der Waals surface area (Å²) in [5.41, 5.74) is 3.82. The van der Waals surface area contributed by atoms with Gasteiger partial charge in [0.15, 0.2) is 0 Å². The summed E-state index contributed by atoms with van der Waals surface area (Å²) in [4.78, 5) is 29.3. The normalized spacial score (nSPS) is 15.7. The summed E-state index contributed by atoms with van der Waals surface area (Å²) in [6.07, 6.45) is 1.37. The molecule has 5 rings (SSSR count). The maximum absolute atomic E-state index is 13.3. The summed E-state index contributed by atoms with van der Waals surface area (Å²) >= 11 is 1.39. The first kappa shape index (κ1) is 29.2. The van der Waals surface area contributed by atoms with Crippen LogP contribution in [0.3, 0.4) is 0 Å². The van der Waals surface area contributed by atoms with Gasteiger partial charge >= 0.3 is 5.97 Å². The molecular formula is C28H32ClN3O5S2. The number of thiophene rings is 1. The van der Waals surface area contributed by atoms with Gasteiger partial charge in [0.25, 0.3) is 5.91 Å². The van der Waals surface area contributed by atoms with Crippen LogP contribution in [-0.2, 0) is 40.7 Å². The number of rotatable bonds is 6. The Bertz CT molecular complexity index is 1490. The molecule has 0 atom stereocenters. The lowest BCUT2D eigenvalue weighted by Crippen LogP contribution is -2.35. The van der Waals surface area contributed by atoms with Gasteiger partial charge in [-0.05, 0) is 67.6 Å². The minimum absolute atomic E-state index is 0. The van der Waals surface area contributed by atoms with Crippen molar-refractivity contribution < 1.29 is 22.7 Å². The molecule has 0 bridgehead atoms. The predicted octanol–water partition coefficient (Wildman–Crippen LogP) is 4.72. The van der Waals surface area contributed by atoms with Crippen molar-refractivity contribution in [3.05, 3.63) is 81.2 Å². The average Bonchev–Trinajstić information content (AvgIpc) is 3.29. The number of benzene rings is 2. The smallest absolute Gasteiger partial charge is 0.341 e. The molecule has 0 radical (unpaired) electrons. The molecule has 0 saturated heterocycles. The van der Waals surface area contributed by atoms with Crippen LogP contribution >= 0.6 is 23.7 Å². The van der Waals surface area contributed by atoms with Crippen LogP contribution in [0.4, 0.5) is 5.00 Å². The SMILES string of the molecule is COC(=O)c1c(NC(=O)c2ccc(S(=O)(=O)N3CCc4ccccc4C3)cc2)sc2c1CCN(C(C)C)C2.Cl. The van der Waals surface area contributed by atoms with Crippen molar-refractivity contribution in [3.8, 4) is 0 Å². The highest BCUT2D eigenvalue weighted by Crippen LogP contribution is 2.38. The molecule has 39 heavy (non-hydrogen) atoms. The number of fused-ring (bicyclic) bond motifs is 2. The second kappa shape index (κ2) is 11.8. The van der Waals surface area contributed by atoms with E-state index in [1.165, 1.54) is 52.6 Å². The lowest BCUT2D eigenvalue weighted by Gasteiger charge is -2.30. The number of amides is 1. The molecule has 8 nitrogen and oxygen atoms in total. The average molecular weight is 590 g/mol. The monoisotopic (exact) mass is 589 g/mol. The van der Waals surface area contributed by atoms with E-state index in [-0.39, 0.29) is 17.3 Å². The standard InChI is InChI=1S/C28H31N3O5S2.ClH/c1-18(2)30-14-13-23-24(17-30)37-27(25(23)28(33)36-3)29-26(32)20-8-10-22(11-9-20)38(34,35)31-15-12-19-6-4-5-7-21(19)16-31;/h4-11,18H,12-17H2,1-3H3,(H,29,32);1H. The number of hydrogen-bond acceptors (Lipinski definition) is 7. The molecule has 208 valence electrons. The number of anilines is 1. The zero-order valence-electron chi connectivity index (χ0n) is 22.1. The van der Waals surface area contributed by atoms with E-state index in [9.17, 15) is 18.0 Å². The first-order valence-electron chi connectivity index (χ1n) is 12.6. The quantitative estimate of drug-likeness (QED) is 0.418. The molecule has 2 aliphatic rings. The van der Waals surface area contributed by atoms with Gasteiger partial charge in [0.1, 0.15) is 5.00 Å². The molecule has 3 aromatic rings. The Morgan fingerprint density at radius 1 is 0.974 bits per heavy atom. The van der Waals surface area contributed by atoms with Crippen LogP contribution in [-0.4, -0.2) is 55.7 Å². The lowest BCUT2D eigenvalue weighted by molar-refractivity contribution is 0.0600. The van der Waals surface area contributed by atoms with Crippen molar-refractivity contribution >= 4 is 50.6 Å². The third-order valence-corrected chi connectivity index (χ3v) is 10.3. The van der Waals surface area contributed by atoms with E-state index in [1.54, 1.807) is 0 Å². The molecule has 0 aliphatic carbocycles. The molecule has 1 amide bonds. The summed E-state index contributed by atoms with van der Waals surface area (Å²) < 4.78 is 33.1. The maximum atomic E-state index is 13.3. The Balaban J connectivity index is 0.00000353. The molecule has 1 aromatic heterocycles. The van der Waals surface area contributed by atoms with E-state index in [2.05, 4.69) is 24.1 Å². The van der Waals surface area contributed by atoms with Gasteiger partial charge in [0.2, 0.25) is 10.0 Å². The molecular weight excluding hydrogens is 558 g/mol. The van der Waals surface area contributed by atoms with E-state index >= 15 is 0 Å². The van der Waals surface area contributed by atoms with Crippen LogP contribution in [0, 0.1) is 0 Å². The third-order valence-electron chi connectivity index (χ3n) is 7.28. The Labute approximate surface area is 239 Å². The highest BCUT2D eigenvalue weighted by Gasteiger charge is 2.31. The maximum Gasteiger partial charge on any atom is 0.341 e.